The van der Waals surface area contributed by atoms with Crippen molar-refractivity contribution in [2.75, 3.05) is 13.1 Å². The number of amides is 1. The summed E-state index contributed by atoms with van der Waals surface area (Å²) in [5, 5.41) is 14.6. The predicted octanol–water partition coefficient (Wildman–Crippen LogP) is 2.56. The summed E-state index contributed by atoms with van der Waals surface area (Å²) in [6.07, 6.45) is -1.03. The summed E-state index contributed by atoms with van der Waals surface area (Å²) in [7, 11) is 0. The van der Waals surface area contributed by atoms with Crippen LogP contribution in [0.4, 0.5) is 8.78 Å². The number of carbonyl (C=O) groups is 1. The molecule has 2 atom stereocenters. The highest BCUT2D eigenvalue weighted by atomic mass is 19.1. The van der Waals surface area contributed by atoms with Crippen molar-refractivity contribution in [1.29, 1.82) is 0 Å². The second-order valence-electron chi connectivity index (χ2n) is 7.47. The van der Waals surface area contributed by atoms with Crippen LogP contribution in [0.1, 0.15) is 23.3 Å². The Morgan fingerprint density at radius 3 is 2.47 bits per heavy atom. The third kappa shape index (κ3) is 4.67. The van der Waals surface area contributed by atoms with Crippen LogP contribution in [0, 0.1) is 11.6 Å². The molecule has 1 aliphatic rings. The molecule has 0 saturated carbocycles. The van der Waals surface area contributed by atoms with Crippen LogP contribution in [0.3, 0.4) is 0 Å². The first-order valence-electron chi connectivity index (χ1n) is 10.2. The molecule has 0 bridgehead atoms. The third-order valence-electron chi connectivity index (χ3n) is 5.30. The van der Waals surface area contributed by atoms with Gasteiger partial charge in [0.15, 0.2) is 11.6 Å². The molecule has 166 valence electrons. The first-order chi connectivity index (χ1) is 15.4. The van der Waals surface area contributed by atoms with Crippen LogP contribution in [-0.4, -0.2) is 51.0 Å². The van der Waals surface area contributed by atoms with E-state index in [1.54, 1.807) is 12.1 Å². The lowest BCUT2D eigenvalue weighted by atomic mass is 10.1. The number of nitrogens with zero attached hydrogens (tertiary/aromatic N) is 3. The van der Waals surface area contributed by atoms with Crippen molar-refractivity contribution >= 4 is 5.91 Å². The Morgan fingerprint density at radius 2 is 1.72 bits per heavy atom. The van der Waals surface area contributed by atoms with Crippen LogP contribution in [-0.2, 0) is 0 Å². The first kappa shape index (κ1) is 21.6. The lowest BCUT2D eigenvalue weighted by Gasteiger charge is -2.22. The fourth-order valence-electron chi connectivity index (χ4n) is 3.56. The Balaban J connectivity index is 1.50. The Labute approximate surface area is 182 Å². The van der Waals surface area contributed by atoms with Crippen LogP contribution in [0.15, 0.2) is 65.5 Å². The molecule has 0 radical (unpaired) electrons. The van der Waals surface area contributed by atoms with Crippen molar-refractivity contribution in [3.8, 4) is 11.4 Å². The topological polar surface area (TPSA) is 84.7 Å². The van der Waals surface area contributed by atoms with Gasteiger partial charge in [-0.3, -0.25) is 9.59 Å². The molecule has 9 heteroatoms. The SMILES string of the molecule is O=C(c1ccc(=O)n(-c2ccc(F)cc2)n1)N1CC[C@H](Oc2ccccc2F)[C@@H](O)CC1. The maximum atomic E-state index is 13.9. The number of ether oxygens (including phenoxy) is 1. The van der Waals surface area contributed by atoms with Gasteiger partial charge in [-0.15, -0.1) is 0 Å². The van der Waals surface area contributed by atoms with Gasteiger partial charge in [-0.25, -0.2) is 8.78 Å². The number of benzene rings is 2. The summed E-state index contributed by atoms with van der Waals surface area (Å²) in [6, 6.07) is 13.7. The van der Waals surface area contributed by atoms with E-state index >= 15 is 0 Å². The number of para-hydroxylation sites is 1. The largest absolute Gasteiger partial charge is 0.485 e. The van der Waals surface area contributed by atoms with Gasteiger partial charge in [0.1, 0.15) is 17.6 Å². The fraction of sp³-hybridized carbons (Fsp3) is 0.261. The quantitative estimate of drug-likeness (QED) is 0.673. The van der Waals surface area contributed by atoms with Crippen molar-refractivity contribution in [1.82, 2.24) is 14.7 Å². The van der Waals surface area contributed by atoms with Crippen LogP contribution in [0.2, 0.25) is 0 Å². The first-order valence-corrected chi connectivity index (χ1v) is 10.2. The van der Waals surface area contributed by atoms with Crippen molar-refractivity contribution < 1.29 is 23.4 Å². The highest BCUT2D eigenvalue weighted by Gasteiger charge is 2.30. The average Bonchev–Trinajstić information content (AvgIpc) is 2.97. The molecule has 1 saturated heterocycles. The van der Waals surface area contributed by atoms with Crippen LogP contribution >= 0.6 is 0 Å². The summed E-state index contributed by atoms with van der Waals surface area (Å²) in [4.78, 5) is 26.7. The highest BCUT2D eigenvalue weighted by molar-refractivity contribution is 5.92. The number of aliphatic hydroxyl groups is 1. The molecule has 4 rings (SSSR count). The average molecular weight is 441 g/mol. The Bertz CT molecular complexity index is 1170. The monoisotopic (exact) mass is 441 g/mol. The standard InChI is InChI=1S/C23H21F2N3O4/c24-15-5-7-16(8-6-15)28-22(30)10-9-18(26-28)23(31)27-13-11-19(29)21(12-14-27)32-20-4-2-1-3-17(20)25/h1-10,19,21,29H,11-14H2/t19-,21-/m0/s1. The van der Waals surface area contributed by atoms with E-state index in [4.69, 9.17) is 4.74 Å². The Morgan fingerprint density at radius 1 is 1.00 bits per heavy atom. The molecule has 1 fully saturated rings. The molecule has 3 aromatic rings. The minimum Gasteiger partial charge on any atom is -0.485 e. The molecular weight excluding hydrogens is 420 g/mol. The van der Waals surface area contributed by atoms with Gasteiger partial charge >= 0.3 is 0 Å². The van der Waals surface area contributed by atoms with Gasteiger partial charge in [-0.1, -0.05) is 12.1 Å². The maximum Gasteiger partial charge on any atom is 0.274 e. The van der Waals surface area contributed by atoms with E-state index in [1.165, 1.54) is 53.4 Å². The lowest BCUT2D eigenvalue weighted by Crippen LogP contribution is -2.34. The second-order valence-corrected chi connectivity index (χ2v) is 7.47. The number of aromatic nitrogens is 2. The minimum absolute atomic E-state index is 0.0388. The lowest BCUT2D eigenvalue weighted by molar-refractivity contribution is 0.0328. The molecule has 7 nitrogen and oxygen atoms in total. The van der Waals surface area contributed by atoms with Crippen molar-refractivity contribution in [3.05, 3.63) is 88.3 Å². The maximum absolute atomic E-state index is 13.9. The normalized spacial score (nSPS) is 18.8. The zero-order chi connectivity index (χ0) is 22.7. The van der Waals surface area contributed by atoms with E-state index in [0.29, 0.717) is 12.1 Å². The van der Waals surface area contributed by atoms with Gasteiger partial charge in [-0.05, 0) is 48.9 Å². The molecule has 0 spiro atoms. The summed E-state index contributed by atoms with van der Waals surface area (Å²) < 4.78 is 33.8. The van der Waals surface area contributed by atoms with Gasteiger partial charge in [-0.2, -0.15) is 9.78 Å². The molecule has 32 heavy (non-hydrogen) atoms. The van der Waals surface area contributed by atoms with Crippen LogP contribution < -0.4 is 10.3 Å². The molecule has 0 aliphatic carbocycles. The van der Waals surface area contributed by atoms with Gasteiger partial charge < -0.3 is 14.7 Å². The number of hydrogen-bond donors (Lipinski definition) is 1. The van der Waals surface area contributed by atoms with E-state index in [9.17, 15) is 23.5 Å². The van der Waals surface area contributed by atoms with Gasteiger partial charge in [0.25, 0.3) is 11.5 Å². The summed E-state index contributed by atoms with van der Waals surface area (Å²) in [5.41, 5.74) is -0.0922. The van der Waals surface area contributed by atoms with Crippen molar-refractivity contribution in [2.45, 2.75) is 25.0 Å². The number of rotatable bonds is 4. The fourth-order valence-corrected chi connectivity index (χ4v) is 3.56. The van der Waals surface area contributed by atoms with Gasteiger partial charge in [0.2, 0.25) is 0 Å². The number of hydrogen-bond acceptors (Lipinski definition) is 5. The summed E-state index contributed by atoms with van der Waals surface area (Å²) >= 11 is 0. The summed E-state index contributed by atoms with van der Waals surface area (Å²) in [5.74, 6) is -1.35. The van der Waals surface area contributed by atoms with Gasteiger partial charge in [0, 0.05) is 25.6 Å². The molecule has 0 unspecified atom stereocenters. The van der Waals surface area contributed by atoms with E-state index in [1.807, 2.05) is 0 Å². The molecule has 1 aromatic heterocycles. The minimum atomic E-state index is -0.881. The number of aliphatic hydroxyl groups excluding tert-OH is 1. The highest BCUT2D eigenvalue weighted by Crippen LogP contribution is 2.23. The number of halogens is 2. The van der Waals surface area contributed by atoms with Crippen LogP contribution in [0.5, 0.6) is 5.75 Å². The van der Waals surface area contributed by atoms with E-state index in [-0.39, 0.29) is 31.0 Å². The zero-order valence-electron chi connectivity index (χ0n) is 17.0. The second kappa shape index (κ2) is 9.27. The summed E-state index contributed by atoms with van der Waals surface area (Å²) in [6.45, 7) is 0.501. The molecule has 1 N–H and O–H groups in total. The molecule has 2 heterocycles. The molecule has 1 aliphatic heterocycles. The van der Waals surface area contributed by atoms with Crippen molar-refractivity contribution in [3.63, 3.8) is 0 Å². The van der Waals surface area contributed by atoms with Crippen molar-refractivity contribution in [2.24, 2.45) is 0 Å². The molecular formula is C23H21F2N3O4. The van der Waals surface area contributed by atoms with Crippen LogP contribution in [0.25, 0.3) is 5.69 Å². The predicted molar refractivity (Wildman–Crippen MR) is 112 cm³/mol. The smallest absolute Gasteiger partial charge is 0.274 e. The molecule has 2 aromatic carbocycles. The zero-order valence-corrected chi connectivity index (χ0v) is 17.0. The van der Waals surface area contributed by atoms with E-state index < -0.39 is 35.3 Å². The Kier molecular flexibility index (Phi) is 6.27. The molecule has 1 amide bonds. The van der Waals surface area contributed by atoms with Gasteiger partial charge in [0.05, 0.1) is 11.8 Å². The van der Waals surface area contributed by atoms with E-state index in [0.717, 1.165) is 4.68 Å². The van der Waals surface area contributed by atoms with E-state index in [2.05, 4.69) is 5.10 Å². The Hall–Kier alpha value is -3.59. The third-order valence-corrected chi connectivity index (χ3v) is 5.30. The number of carbonyl (C=O) groups excluding carboxylic acids is 1. The number of likely N-dealkylation sites (tertiary alicyclic amines) is 1.